The first-order valence-electron chi connectivity index (χ1n) is 4.83. The molecule has 1 atom stereocenters. The number of methoxy groups -OCH3 is 1. The third kappa shape index (κ3) is 3.10. The minimum absolute atomic E-state index is 0.0703. The van der Waals surface area contributed by atoms with Gasteiger partial charge in [0.1, 0.15) is 0 Å². The Morgan fingerprint density at radius 3 is 2.47 bits per heavy atom. The zero-order valence-corrected chi connectivity index (χ0v) is 9.47. The summed E-state index contributed by atoms with van der Waals surface area (Å²) in [4.78, 5) is 21.6. The van der Waals surface area contributed by atoms with Gasteiger partial charge in [-0.15, -0.1) is 0 Å². The van der Waals surface area contributed by atoms with Crippen LogP contribution in [0.2, 0.25) is 0 Å². The number of hydrogen-bond donors (Lipinski definition) is 2. The lowest BCUT2D eigenvalue weighted by Crippen LogP contribution is -2.30. The van der Waals surface area contributed by atoms with Crippen LogP contribution in [0.3, 0.4) is 0 Å². The van der Waals surface area contributed by atoms with Crippen molar-refractivity contribution in [2.45, 2.75) is 13.0 Å². The fourth-order valence-corrected chi connectivity index (χ4v) is 1.15. The molecule has 17 heavy (non-hydrogen) atoms. The van der Waals surface area contributed by atoms with Gasteiger partial charge in [0.2, 0.25) is 0 Å². The number of carboxylic acids is 1. The molecule has 92 valence electrons. The van der Waals surface area contributed by atoms with Crippen molar-refractivity contribution in [1.82, 2.24) is 0 Å². The van der Waals surface area contributed by atoms with Crippen LogP contribution in [-0.2, 0) is 4.79 Å². The molecule has 0 saturated heterocycles. The first-order valence-corrected chi connectivity index (χ1v) is 4.83. The third-order valence-electron chi connectivity index (χ3n) is 2.11. The lowest BCUT2D eigenvalue weighted by molar-refractivity contribution is -0.124. The van der Waals surface area contributed by atoms with E-state index in [-0.39, 0.29) is 17.1 Å². The van der Waals surface area contributed by atoms with Gasteiger partial charge in [0, 0.05) is 0 Å². The van der Waals surface area contributed by atoms with Gasteiger partial charge < -0.3 is 20.3 Å². The molecule has 0 aliphatic rings. The lowest BCUT2D eigenvalue weighted by atomic mass is 10.2. The van der Waals surface area contributed by atoms with Crippen LogP contribution in [0.5, 0.6) is 11.5 Å². The number of carbonyl (C=O) groups excluding carboxylic acids is 1. The number of carboxylic acid groups (broad SMARTS) is 1. The SMILES string of the molecule is COc1cc(C(=O)O)ccc1OC(C)C(N)=O. The molecule has 6 nitrogen and oxygen atoms in total. The Morgan fingerprint density at radius 1 is 1.35 bits per heavy atom. The molecule has 0 spiro atoms. The lowest BCUT2D eigenvalue weighted by Gasteiger charge is -2.14. The van der Waals surface area contributed by atoms with Crippen LogP contribution in [0.25, 0.3) is 0 Å². The van der Waals surface area contributed by atoms with Crippen molar-refractivity contribution in [3.63, 3.8) is 0 Å². The minimum Gasteiger partial charge on any atom is -0.493 e. The molecule has 1 aromatic carbocycles. The number of amides is 1. The van der Waals surface area contributed by atoms with Crippen molar-refractivity contribution in [2.75, 3.05) is 7.11 Å². The van der Waals surface area contributed by atoms with Crippen molar-refractivity contribution in [2.24, 2.45) is 5.73 Å². The highest BCUT2D eigenvalue weighted by Gasteiger charge is 2.15. The van der Waals surface area contributed by atoms with E-state index >= 15 is 0 Å². The smallest absolute Gasteiger partial charge is 0.335 e. The van der Waals surface area contributed by atoms with Crippen molar-refractivity contribution >= 4 is 11.9 Å². The Labute approximate surface area is 97.9 Å². The van der Waals surface area contributed by atoms with Gasteiger partial charge in [0.05, 0.1) is 12.7 Å². The second-order valence-electron chi connectivity index (χ2n) is 3.33. The van der Waals surface area contributed by atoms with Gasteiger partial charge >= 0.3 is 5.97 Å². The van der Waals surface area contributed by atoms with Crippen LogP contribution in [0, 0.1) is 0 Å². The van der Waals surface area contributed by atoms with E-state index in [9.17, 15) is 9.59 Å². The van der Waals surface area contributed by atoms with Crippen molar-refractivity contribution in [1.29, 1.82) is 0 Å². The number of ether oxygens (including phenoxy) is 2. The summed E-state index contributed by atoms with van der Waals surface area (Å²) in [5, 5.41) is 8.80. The second-order valence-corrected chi connectivity index (χ2v) is 3.33. The summed E-state index contributed by atoms with van der Waals surface area (Å²) in [6.45, 7) is 1.49. The van der Waals surface area contributed by atoms with Gasteiger partial charge in [-0.2, -0.15) is 0 Å². The molecule has 1 amide bonds. The highest BCUT2D eigenvalue weighted by atomic mass is 16.5. The van der Waals surface area contributed by atoms with E-state index in [0.29, 0.717) is 0 Å². The van der Waals surface area contributed by atoms with Gasteiger partial charge in [-0.25, -0.2) is 4.79 Å². The molecule has 0 aliphatic carbocycles. The van der Waals surface area contributed by atoms with Crippen LogP contribution >= 0.6 is 0 Å². The van der Waals surface area contributed by atoms with Crippen LogP contribution in [0.4, 0.5) is 0 Å². The molecule has 1 rings (SSSR count). The Hall–Kier alpha value is -2.24. The van der Waals surface area contributed by atoms with Gasteiger partial charge in [0.15, 0.2) is 17.6 Å². The fraction of sp³-hybridized carbons (Fsp3) is 0.273. The van der Waals surface area contributed by atoms with Crippen molar-refractivity contribution in [3.05, 3.63) is 23.8 Å². The minimum atomic E-state index is -1.07. The average molecular weight is 239 g/mol. The van der Waals surface area contributed by atoms with E-state index in [1.807, 2.05) is 0 Å². The van der Waals surface area contributed by atoms with Crippen LogP contribution < -0.4 is 15.2 Å². The predicted molar refractivity (Wildman–Crippen MR) is 59.2 cm³/mol. The van der Waals surface area contributed by atoms with Crippen LogP contribution in [-0.4, -0.2) is 30.2 Å². The normalized spacial score (nSPS) is 11.6. The van der Waals surface area contributed by atoms with Gasteiger partial charge in [-0.1, -0.05) is 0 Å². The summed E-state index contributed by atoms with van der Waals surface area (Å²) in [7, 11) is 1.38. The van der Waals surface area contributed by atoms with Gasteiger partial charge in [-0.05, 0) is 25.1 Å². The number of carbonyl (C=O) groups is 2. The molecule has 1 aromatic rings. The maximum Gasteiger partial charge on any atom is 0.335 e. The molecular formula is C11H13NO5. The average Bonchev–Trinajstić information content (AvgIpc) is 2.28. The van der Waals surface area contributed by atoms with Crippen molar-refractivity contribution < 1.29 is 24.2 Å². The van der Waals surface area contributed by atoms with E-state index in [2.05, 4.69) is 0 Å². The number of aromatic carboxylic acids is 1. The third-order valence-corrected chi connectivity index (χ3v) is 2.11. The number of benzene rings is 1. The standard InChI is InChI=1S/C11H13NO5/c1-6(10(12)13)17-8-4-3-7(11(14)15)5-9(8)16-2/h3-6H,1-2H3,(H2,12,13)(H,14,15). The number of rotatable bonds is 5. The first kappa shape index (κ1) is 12.8. The highest BCUT2D eigenvalue weighted by Crippen LogP contribution is 2.28. The number of hydrogen-bond acceptors (Lipinski definition) is 4. The summed E-state index contributed by atoms with van der Waals surface area (Å²) in [5.74, 6) is -1.19. The maximum atomic E-state index is 10.8. The van der Waals surface area contributed by atoms with E-state index in [1.165, 1.54) is 32.2 Å². The second kappa shape index (κ2) is 5.20. The molecule has 0 bridgehead atoms. The summed E-state index contributed by atoms with van der Waals surface area (Å²) < 4.78 is 10.2. The Kier molecular flexibility index (Phi) is 3.92. The Morgan fingerprint density at radius 2 is 2.00 bits per heavy atom. The molecule has 1 unspecified atom stereocenters. The first-order chi connectivity index (χ1) is 7.95. The van der Waals surface area contributed by atoms with E-state index in [0.717, 1.165) is 0 Å². The molecule has 3 N–H and O–H groups in total. The maximum absolute atomic E-state index is 10.8. The molecular weight excluding hydrogens is 226 g/mol. The van der Waals surface area contributed by atoms with E-state index < -0.39 is 18.0 Å². The van der Waals surface area contributed by atoms with Gasteiger partial charge in [-0.3, -0.25) is 4.79 Å². The van der Waals surface area contributed by atoms with E-state index in [4.69, 9.17) is 20.3 Å². The molecule has 0 aliphatic heterocycles. The number of nitrogens with two attached hydrogens (primary N) is 1. The summed E-state index contributed by atoms with van der Waals surface area (Å²) >= 11 is 0. The Bertz CT molecular complexity index is 443. The summed E-state index contributed by atoms with van der Waals surface area (Å²) in [6, 6.07) is 4.08. The zero-order valence-electron chi connectivity index (χ0n) is 9.47. The van der Waals surface area contributed by atoms with Crippen LogP contribution in [0.1, 0.15) is 17.3 Å². The molecule has 0 saturated carbocycles. The Balaban J connectivity index is 3.00. The fourth-order valence-electron chi connectivity index (χ4n) is 1.15. The predicted octanol–water partition coefficient (Wildman–Crippen LogP) is 0.646. The van der Waals surface area contributed by atoms with Gasteiger partial charge in [0.25, 0.3) is 5.91 Å². The number of primary amides is 1. The molecule has 0 heterocycles. The summed E-state index contributed by atoms with van der Waals surface area (Å²) in [5.41, 5.74) is 5.12. The molecule has 0 radical (unpaired) electrons. The highest BCUT2D eigenvalue weighted by molar-refractivity contribution is 5.88. The summed E-state index contributed by atoms with van der Waals surface area (Å²) in [6.07, 6.45) is -0.820. The molecule has 0 aromatic heterocycles. The van der Waals surface area contributed by atoms with E-state index in [1.54, 1.807) is 0 Å². The monoisotopic (exact) mass is 239 g/mol. The van der Waals surface area contributed by atoms with Crippen molar-refractivity contribution in [3.8, 4) is 11.5 Å². The molecule has 0 fully saturated rings. The topological polar surface area (TPSA) is 98.8 Å². The zero-order chi connectivity index (χ0) is 13.0. The molecule has 6 heteroatoms. The largest absolute Gasteiger partial charge is 0.493 e. The quantitative estimate of drug-likeness (QED) is 0.785. The van der Waals surface area contributed by atoms with Crippen LogP contribution in [0.15, 0.2) is 18.2 Å².